The smallest absolute Gasteiger partial charge is 0.335 e. The quantitative estimate of drug-likeness (QED) is 0.363. The van der Waals surface area contributed by atoms with Gasteiger partial charge in [0.15, 0.2) is 0 Å². The number of ether oxygens (including phenoxy) is 2. The lowest BCUT2D eigenvalue weighted by atomic mass is 9.84. The molecule has 0 saturated carbocycles. The first kappa shape index (κ1) is 21.3. The molecule has 0 spiro atoms. The Labute approximate surface area is 136 Å². The first-order valence-corrected chi connectivity index (χ1v) is 7.01. The summed E-state index contributed by atoms with van der Waals surface area (Å²) < 4.78 is 9.66. The Balaban J connectivity index is 5.85. The number of carbonyl (C=O) groups is 2. The predicted molar refractivity (Wildman–Crippen MR) is 82.9 cm³/mol. The van der Waals surface area contributed by atoms with E-state index < -0.39 is 35.5 Å². The molecule has 2 unspecified atom stereocenters. The summed E-state index contributed by atoms with van der Waals surface area (Å²) in [4.78, 5) is 23.5. The van der Waals surface area contributed by atoms with Crippen LogP contribution in [0.25, 0.3) is 0 Å². The van der Waals surface area contributed by atoms with Crippen molar-refractivity contribution in [3.05, 3.63) is 24.3 Å². The number of hydrogen-bond donors (Lipinski definition) is 3. The maximum Gasteiger partial charge on any atom is 0.335 e. The van der Waals surface area contributed by atoms with E-state index in [0.29, 0.717) is 0 Å². The molecule has 0 heterocycles. The molecule has 132 valence electrons. The molecule has 0 aliphatic rings. The van der Waals surface area contributed by atoms with E-state index in [9.17, 15) is 24.9 Å². The minimum atomic E-state index is -2.86. The van der Waals surface area contributed by atoms with Gasteiger partial charge < -0.3 is 24.8 Å². The van der Waals surface area contributed by atoms with Crippen LogP contribution in [0.3, 0.4) is 0 Å². The maximum absolute atomic E-state index is 11.8. The van der Waals surface area contributed by atoms with Crippen molar-refractivity contribution in [3.8, 4) is 0 Å². The zero-order valence-corrected chi connectivity index (χ0v) is 14.3. The summed E-state index contributed by atoms with van der Waals surface area (Å²) in [5, 5.41) is 30.6. The Morgan fingerprint density at radius 2 is 1.26 bits per heavy atom. The lowest BCUT2D eigenvalue weighted by Gasteiger charge is -2.42. The van der Waals surface area contributed by atoms with E-state index in [4.69, 9.17) is 9.47 Å². The summed E-state index contributed by atoms with van der Waals surface area (Å²) in [6.45, 7) is 13.3. The van der Waals surface area contributed by atoms with Gasteiger partial charge in [0, 0.05) is 17.6 Å². The van der Waals surface area contributed by atoms with Gasteiger partial charge in [-0.3, -0.25) is 0 Å². The highest BCUT2D eigenvalue weighted by Gasteiger charge is 2.58. The highest BCUT2D eigenvalue weighted by molar-refractivity contribution is 5.88. The molecule has 0 aliphatic carbocycles. The molecular weight excluding hydrogens is 304 g/mol. The molecule has 0 aliphatic heterocycles. The lowest BCUT2D eigenvalue weighted by molar-refractivity contribution is -0.374. The monoisotopic (exact) mass is 330 g/mol. The molecule has 0 amide bonds. The minimum absolute atomic E-state index is 0.0381. The zero-order chi connectivity index (χ0) is 18.6. The second kappa shape index (κ2) is 7.25. The fraction of sp³-hybridized carbons (Fsp3) is 0.625. The van der Waals surface area contributed by atoms with Crippen LogP contribution in [-0.4, -0.2) is 45.4 Å². The first-order chi connectivity index (χ1) is 10.2. The summed E-state index contributed by atoms with van der Waals surface area (Å²) in [6.07, 6.45) is -0.320. The number of aliphatic hydroxyl groups excluding tert-OH is 1. The Bertz CT molecular complexity index is 503. The molecule has 0 aromatic heterocycles. The van der Waals surface area contributed by atoms with E-state index in [0.717, 1.165) is 0 Å². The Morgan fingerprint density at radius 1 is 0.913 bits per heavy atom. The van der Waals surface area contributed by atoms with Gasteiger partial charge in [-0.25, -0.2) is 9.59 Å². The van der Waals surface area contributed by atoms with Gasteiger partial charge >= 0.3 is 17.7 Å². The van der Waals surface area contributed by atoms with Crippen molar-refractivity contribution in [2.24, 2.45) is 5.41 Å². The lowest BCUT2D eigenvalue weighted by Crippen LogP contribution is -2.63. The molecule has 2 atom stereocenters. The molecule has 0 aromatic rings. The van der Waals surface area contributed by atoms with Crippen molar-refractivity contribution in [2.75, 3.05) is 6.61 Å². The van der Waals surface area contributed by atoms with Gasteiger partial charge in [0.05, 0.1) is 0 Å². The van der Waals surface area contributed by atoms with Crippen molar-refractivity contribution < 1.29 is 34.4 Å². The number of esters is 2. The highest BCUT2D eigenvalue weighted by Crippen LogP contribution is 2.37. The third-order valence-electron chi connectivity index (χ3n) is 2.81. The van der Waals surface area contributed by atoms with Gasteiger partial charge in [0.2, 0.25) is 0 Å². The van der Waals surface area contributed by atoms with Crippen molar-refractivity contribution in [2.45, 2.75) is 52.6 Å². The molecule has 3 N–H and O–H groups in total. The highest BCUT2D eigenvalue weighted by atomic mass is 16.7. The maximum atomic E-state index is 11.8. The van der Waals surface area contributed by atoms with Gasteiger partial charge in [0.1, 0.15) is 6.61 Å². The van der Waals surface area contributed by atoms with Gasteiger partial charge in [0.25, 0.3) is 5.79 Å². The third-order valence-corrected chi connectivity index (χ3v) is 2.81. The first-order valence-electron chi connectivity index (χ1n) is 7.01. The molecule has 7 heteroatoms. The Kier molecular flexibility index (Phi) is 6.71. The van der Waals surface area contributed by atoms with Crippen LogP contribution in [-0.2, 0) is 19.1 Å². The molecule has 0 rings (SSSR count). The molecule has 0 fully saturated rings. The van der Waals surface area contributed by atoms with E-state index in [1.54, 1.807) is 20.8 Å². The van der Waals surface area contributed by atoms with Crippen LogP contribution >= 0.6 is 0 Å². The number of rotatable bonds is 7. The molecule has 0 aromatic carbocycles. The fourth-order valence-corrected chi connectivity index (χ4v) is 1.69. The molecule has 23 heavy (non-hydrogen) atoms. The van der Waals surface area contributed by atoms with Crippen LogP contribution in [0.2, 0.25) is 0 Å². The van der Waals surface area contributed by atoms with Crippen molar-refractivity contribution in [1.29, 1.82) is 0 Å². The van der Waals surface area contributed by atoms with Crippen LogP contribution in [0, 0.1) is 5.41 Å². The van der Waals surface area contributed by atoms with Crippen LogP contribution < -0.4 is 0 Å². The summed E-state index contributed by atoms with van der Waals surface area (Å²) in [5.74, 6) is -7.60. The van der Waals surface area contributed by atoms with E-state index in [-0.39, 0.29) is 17.6 Å². The van der Waals surface area contributed by atoms with E-state index in [1.165, 1.54) is 13.8 Å². The minimum Gasteiger partial charge on any atom is -0.422 e. The molecule has 7 nitrogen and oxygen atoms in total. The van der Waals surface area contributed by atoms with Gasteiger partial charge in [-0.05, 0) is 19.3 Å². The molecule has 0 radical (unpaired) electrons. The summed E-state index contributed by atoms with van der Waals surface area (Å²) in [5.41, 5.74) is -0.756. The van der Waals surface area contributed by atoms with E-state index >= 15 is 0 Å². The number of aliphatic hydroxyl groups is 3. The van der Waals surface area contributed by atoms with Crippen molar-refractivity contribution >= 4 is 11.9 Å². The third kappa shape index (κ3) is 5.78. The Hall–Kier alpha value is -1.70. The standard InChI is InChI=1S/C16H26O7/c1-10(2)12(18)22-15(20,8-14(5,6)7)16(21,9-17)23-13(19)11(3)4/h17,20-21H,1,3,8-9H2,2,4-7H3. The van der Waals surface area contributed by atoms with Crippen LogP contribution in [0.4, 0.5) is 0 Å². The molecule has 0 bridgehead atoms. The van der Waals surface area contributed by atoms with Crippen molar-refractivity contribution in [3.63, 3.8) is 0 Å². The Morgan fingerprint density at radius 3 is 1.52 bits per heavy atom. The largest absolute Gasteiger partial charge is 0.422 e. The number of hydrogen-bond acceptors (Lipinski definition) is 7. The summed E-state index contributed by atoms with van der Waals surface area (Å²) in [7, 11) is 0. The number of carbonyl (C=O) groups excluding carboxylic acids is 2. The topological polar surface area (TPSA) is 113 Å². The van der Waals surface area contributed by atoms with Crippen LogP contribution in [0.1, 0.15) is 41.0 Å². The van der Waals surface area contributed by atoms with E-state index in [1.807, 2.05) is 0 Å². The average Bonchev–Trinajstić information content (AvgIpc) is 2.35. The fourth-order valence-electron chi connectivity index (χ4n) is 1.69. The van der Waals surface area contributed by atoms with E-state index in [2.05, 4.69) is 13.2 Å². The average molecular weight is 330 g/mol. The second-order valence-corrected chi connectivity index (χ2v) is 6.80. The van der Waals surface area contributed by atoms with Crippen LogP contribution in [0.15, 0.2) is 24.3 Å². The predicted octanol–water partition coefficient (Wildman–Crippen LogP) is 1.03. The molecule has 0 saturated heterocycles. The normalized spacial score (nSPS) is 16.7. The zero-order valence-electron chi connectivity index (χ0n) is 14.3. The SMILES string of the molecule is C=C(C)C(=O)OC(O)(CO)C(O)(CC(C)(C)C)OC(=O)C(=C)C. The van der Waals surface area contributed by atoms with Crippen molar-refractivity contribution in [1.82, 2.24) is 0 Å². The summed E-state index contributed by atoms with van der Waals surface area (Å²) in [6, 6.07) is 0. The van der Waals surface area contributed by atoms with Gasteiger partial charge in [-0.2, -0.15) is 0 Å². The van der Waals surface area contributed by atoms with Gasteiger partial charge in [-0.15, -0.1) is 0 Å². The van der Waals surface area contributed by atoms with Gasteiger partial charge in [-0.1, -0.05) is 33.9 Å². The second-order valence-electron chi connectivity index (χ2n) is 6.80. The van der Waals surface area contributed by atoms with Crippen LogP contribution in [0.5, 0.6) is 0 Å². The molecular formula is C16H26O7. The summed E-state index contributed by atoms with van der Waals surface area (Å²) >= 11 is 0.